The SMILES string of the molecule is Clc1nc2ccccc2cc1C=NCc1nc2ccccc2[nH]1. The average molecular weight is 321 g/mol. The Hall–Kier alpha value is -2.72. The van der Waals surface area contributed by atoms with Crippen molar-refractivity contribution in [2.24, 2.45) is 4.99 Å². The summed E-state index contributed by atoms with van der Waals surface area (Å²) < 4.78 is 0. The number of aromatic nitrogens is 3. The molecule has 4 nitrogen and oxygen atoms in total. The number of nitrogens with zero attached hydrogens (tertiary/aromatic N) is 3. The summed E-state index contributed by atoms with van der Waals surface area (Å²) in [7, 11) is 0. The van der Waals surface area contributed by atoms with Crippen molar-refractivity contribution in [1.82, 2.24) is 15.0 Å². The van der Waals surface area contributed by atoms with Gasteiger partial charge in [0.15, 0.2) is 0 Å². The fourth-order valence-electron chi connectivity index (χ4n) is 2.51. The summed E-state index contributed by atoms with van der Waals surface area (Å²) in [6.07, 6.45) is 1.74. The minimum absolute atomic E-state index is 0.456. The van der Waals surface area contributed by atoms with Gasteiger partial charge in [-0.3, -0.25) is 4.99 Å². The van der Waals surface area contributed by atoms with Gasteiger partial charge in [-0.25, -0.2) is 9.97 Å². The van der Waals surface area contributed by atoms with Crippen LogP contribution >= 0.6 is 11.6 Å². The smallest absolute Gasteiger partial charge is 0.138 e. The first-order valence-corrected chi connectivity index (χ1v) is 7.66. The Morgan fingerprint density at radius 2 is 1.78 bits per heavy atom. The highest BCUT2D eigenvalue weighted by Gasteiger charge is 2.03. The molecule has 2 aromatic carbocycles. The first kappa shape index (κ1) is 13.9. The van der Waals surface area contributed by atoms with Gasteiger partial charge in [-0.05, 0) is 24.3 Å². The monoisotopic (exact) mass is 320 g/mol. The lowest BCUT2D eigenvalue weighted by Crippen LogP contribution is -1.91. The molecule has 0 saturated carbocycles. The maximum absolute atomic E-state index is 6.22. The van der Waals surface area contributed by atoms with Gasteiger partial charge in [0.1, 0.15) is 11.0 Å². The van der Waals surface area contributed by atoms with Gasteiger partial charge >= 0.3 is 0 Å². The second-order valence-electron chi connectivity index (χ2n) is 5.23. The Balaban J connectivity index is 1.59. The maximum Gasteiger partial charge on any atom is 0.138 e. The van der Waals surface area contributed by atoms with Crippen molar-refractivity contribution in [2.75, 3.05) is 0 Å². The molecule has 0 atom stereocenters. The molecule has 0 radical (unpaired) electrons. The quantitative estimate of drug-likeness (QED) is 0.450. The molecular weight excluding hydrogens is 308 g/mol. The van der Waals surface area contributed by atoms with E-state index in [2.05, 4.69) is 19.9 Å². The number of aliphatic imine (C=N–C) groups is 1. The standard InChI is InChI=1S/C18H13ClN4/c19-18-13(9-12-5-1-2-6-14(12)23-18)10-20-11-17-21-15-7-3-4-8-16(15)22-17/h1-10H,11H2,(H,21,22). The van der Waals surface area contributed by atoms with E-state index in [1.807, 2.05) is 54.6 Å². The number of nitrogens with one attached hydrogen (secondary N) is 1. The lowest BCUT2D eigenvalue weighted by atomic mass is 10.2. The van der Waals surface area contributed by atoms with Crippen LogP contribution in [0.15, 0.2) is 59.6 Å². The van der Waals surface area contributed by atoms with E-state index in [4.69, 9.17) is 11.6 Å². The molecule has 23 heavy (non-hydrogen) atoms. The molecule has 0 amide bonds. The number of pyridine rings is 1. The number of H-pyrrole nitrogens is 1. The summed E-state index contributed by atoms with van der Waals surface area (Å²) in [6.45, 7) is 0.470. The van der Waals surface area contributed by atoms with Gasteiger partial charge in [-0.1, -0.05) is 41.9 Å². The molecule has 1 N–H and O–H groups in total. The summed E-state index contributed by atoms with van der Waals surface area (Å²) in [5.74, 6) is 0.826. The van der Waals surface area contributed by atoms with E-state index in [1.165, 1.54) is 0 Å². The molecule has 0 unspecified atom stereocenters. The Bertz CT molecular complexity index is 987. The lowest BCUT2D eigenvalue weighted by Gasteiger charge is -2.01. The molecule has 2 heterocycles. The van der Waals surface area contributed by atoms with E-state index >= 15 is 0 Å². The summed E-state index contributed by atoms with van der Waals surface area (Å²) in [5.41, 5.74) is 3.65. The van der Waals surface area contributed by atoms with Crippen LogP contribution in [0.25, 0.3) is 21.9 Å². The second kappa shape index (κ2) is 5.82. The summed E-state index contributed by atoms with van der Waals surface area (Å²) in [5, 5.41) is 1.50. The van der Waals surface area contributed by atoms with Crippen LogP contribution in [0.4, 0.5) is 0 Å². The predicted molar refractivity (Wildman–Crippen MR) is 94.1 cm³/mol. The summed E-state index contributed by atoms with van der Waals surface area (Å²) in [4.78, 5) is 16.6. The van der Waals surface area contributed by atoms with Crippen molar-refractivity contribution in [3.8, 4) is 0 Å². The minimum atomic E-state index is 0.456. The van der Waals surface area contributed by atoms with Crippen LogP contribution in [-0.2, 0) is 6.54 Å². The molecule has 0 aliphatic heterocycles. The number of hydrogen-bond acceptors (Lipinski definition) is 3. The molecule has 112 valence electrons. The van der Waals surface area contributed by atoms with E-state index in [-0.39, 0.29) is 0 Å². The van der Waals surface area contributed by atoms with Crippen molar-refractivity contribution in [3.05, 3.63) is 71.1 Å². The molecule has 0 aliphatic rings. The molecule has 4 aromatic rings. The molecule has 2 aromatic heterocycles. The van der Waals surface area contributed by atoms with E-state index in [0.717, 1.165) is 33.3 Å². The first-order valence-electron chi connectivity index (χ1n) is 7.28. The number of halogens is 1. The average Bonchev–Trinajstić information content (AvgIpc) is 2.98. The molecule has 0 bridgehead atoms. The lowest BCUT2D eigenvalue weighted by molar-refractivity contribution is 0.963. The number of hydrogen-bond donors (Lipinski definition) is 1. The van der Waals surface area contributed by atoms with Gasteiger partial charge in [0.2, 0.25) is 0 Å². The van der Waals surface area contributed by atoms with Crippen molar-refractivity contribution in [3.63, 3.8) is 0 Å². The van der Waals surface area contributed by atoms with Gasteiger partial charge in [-0.15, -0.1) is 0 Å². The van der Waals surface area contributed by atoms with Crippen molar-refractivity contribution in [2.45, 2.75) is 6.54 Å². The van der Waals surface area contributed by atoms with E-state index in [9.17, 15) is 0 Å². The molecule has 0 saturated heterocycles. The molecule has 5 heteroatoms. The fourth-order valence-corrected chi connectivity index (χ4v) is 2.70. The number of para-hydroxylation sites is 3. The van der Waals surface area contributed by atoms with Crippen LogP contribution in [0.1, 0.15) is 11.4 Å². The predicted octanol–water partition coefficient (Wildman–Crippen LogP) is 4.38. The van der Waals surface area contributed by atoms with Crippen LogP contribution in [0, 0.1) is 0 Å². The first-order chi connectivity index (χ1) is 11.3. The zero-order chi connectivity index (χ0) is 15.6. The Kier molecular flexibility index (Phi) is 3.52. The van der Waals surface area contributed by atoms with Crippen LogP contribution < -0.4 is 0 Å². The number of aromatic amines is 1. The second-order valence-corrected chi connectivity index (χ2v) is 5.59. The maximum atomic E-state index is 6.22. The zero-order valence-corrected chi connectivity index (χ0v) is 13.0. The van der Waals surface area contributed by atoms with Gasteiger partial charge < -0.3 is 4.98 Å². The number of imidazole rings is 1. The normalized spacial score (nSPS) is 11.7. The van der Waals surface area contributed by atoms with Gasteiger partial charge in [-0.2, -0.15) is 0 Å². The van der Waals surface area contributed by atoms with Crippen LogP contribution in [0.3, 0.4) is 0 Å². The minimum Gasteiger partial charge on any atom is -0.340 e. The van der Waals surface area contributed by atoms with Gasteiger partial charge in [0.05, 0.1) is 23.1 Å². The summed E-state index contributed by atoms with van der Waals surface area (Å²) >= 11 is 6.22. The zero-order valence-electron chi connectivity index (χ0n) is 12.2. The topological polar surface area (TPSA) is 53.9 Å². The van der Waals surface area contributed by atoms with Crippen molar-refractivity contribution >= 4 is 39.8 Å². The van der Waals surface area contributed by atoms with Gasteiger partial charge in [0.25, 0.3) is 0 Å². The molecule has 0 fully saturated rings. The Labute approximate surface area is 137 Å². The largest absolute Gasteiger partial charge is 0.340 e. The Morgan fingerprint density at radius 3 is 2.65 bits per heavy atom. The van der Waals surface area contributed by atoms with Crippen LogP contribution in [0.2, 0.25) is 5.15 Å². The molecule has 4 rings (SSSR count). The van der Waals surface area contributed by atoms with Gasteiger partial charge in [0, 0.05) is 17.2 Å². The van der Waals surface area contributed by atoms with Crippen molar-refractivity contribution in [1.29, 1.82) is 0 Å². The number of benzene rings is 2. The van der Waals surface area contributed by atoms with Crippen molar-refractivity contribution < 1.29 is 0 Å². The fraction of sp³-hybridized carbons (Fsp3) is 0.0556. The van der Waals surface area contributed by atoms with Crippen LogP contribution in [0.5, 0.6) is 0 Å². The van der Waals surface area contributed by atoms with E-state index in [0.29, 0.717) is 11.7 Å². The van der Waals surface area contributed by atoms with E-state index in [1.54, 1.807) is 6.21 Å². The van der Waals surface area contributed by atoms with Crippen LogP contribution in [-0.4, -0.2) is 21.2 Å². The summed E-state index contributed by atoms with van der Waals surface area (Å²) in [6, 6.07) is 17.8. The third kappa shape index (κ3) is 2.81. The molecular formula is C18H13ClN4. The third-order valence-electron chi connectivity index (χ3n) is 3.61. The number of fused-ring (bicyclic) bond motifs is 2. The molecule has 0 aliphatic carbocycles. The third-order valence-corrected chi connectivity index (χ3v) is 3.92. The molecule has 0 spiro atoms. The Morgan fingerprint density at radius 1 is 1.00 bits per heavy atom. The van der Waals surface area contributed by atoms with E-state index < -0.39 is 0 Å². The number of rotatable bonds is 3. The highest BCUT2D eigenvalue weighted by molar-refractivity contribution is 6.32. The highest BCUT2D eigenvalue weighted by Crippen LogP contribution is 2.19. The highest BCUT2D eigenvalue weighted by atomic mass is 35.5.